The van der Waals surface area contributed by atoms with Crippen molar-refractivity contribution < 1.29 is 18.8 Å². The number of halogens is 1. The van der Waals surface area contributed by atoms with E-state index in [4.69, 9.17) is 0 Å². The molecule has 0 atom stereocenters. The maximum absolute atomic E-state index is 13.9. The highest BCUT2D eigenvalue weighted by Gasteiger charge is 2.35. The molecule has 1 aliphatic rings. The fraction of sp³-hybridized carbons (Fsp3) is 0.0526. The van der Waals surface area contributed by atoms with Crippen LogP contribution in [0.3, 0.4) is 0 Å². The number of aromatic nitrogens is 1. The molecule has 0 bridgehead atoms. The molecule has 0 radical (unpaired) electrons. The number of imide groups is 1. The number of carbonyl (C=O) groups is 3. The van der Waals surface area contributed by atoms with Gasteiger partial charge in [-0.2, -0.15) is 0 Å². The van der Waals surface area contributed by atoms with Crippen LogP contribution in [0.5, 0.6) is 0 Å². The quantitative estimate of drug-likeness (QED) is 0.545. The second-order valence-corrected chi connectivity index (χ2v) is 5.69. The van der Waals surface area contributed by atoms with Gasteiger partial charge in [0.05, 0.1) is 28.9 Å². The molecule has 1 aromatic heterocycles. The summed E-state index contributed by atoms with van der Waals surface area (Å²) in [6.45, 7) is -0.146. The zero-order valence-electron chi connectivity index (χ0n) is 12.9. The number of pyridine rings is 1. The Morgan fingerprint density at radius 3 is 2.32 bits per heavy atom. The van der Waals surface area contributed by atoms with Gasteiger partial charge in [-0.25, -0.2) is 4.39 Å². The lowest BCUT2D eigenvalue weighted by Crippen LogP contribution is -2.30. The van der Waals surface area contributed by atoms with Gasteiger partial charge < -0.3 is 0 Å². The van der Waals surface area contributed by atoms with E-state index in [-0.39, 0.29) is 23.2 Å². The van der Waals surface area contributed by atoms with Crippen molar-refractivity contribution in [3.05, 3.63) is 76.7 Å². The Bertz CT molecular complexity index is 1030. The number of aldehydes is 1. The zero-order valence-corrected chi connectivity index (χ0v) is 12.9. The summed E-state index contributed by atoms with van der Waals surface area (Å²) in [5.41, 5.74) is 1.41. The molecule has 122 valence electrons. The highest BCUT2D eigenvalue weighted by molar-refractivity contribution is 6.21. The van der Waals surface area contributed by atoms with Crippen molar-refractivity contribution in [2.75, 3.05) is 0 Å². The van der Waals surface area contributed by atoms with E-state index in [0.29, 0.717) is 22.9 Å². The van der Waals surface area contributed by atoms with Crippen LogP contribution < -0.4 is 0 Å². The highest BCUT2D eigenvalue weighted by Crippen LogP contribution is 2.26. The molecule has 3 aromatic rings. The van der Waals surface area contributed by atoms with Gasteiger partial charge in [0.15, 0.2) is 6.29 Å². The molecular formula is C19H11FN2O3. The summed E-state index contributed by atoms with van der Waals surface area (Å²) in [6, 6.07) is 12.3. The van der Waals surface area contributed by atoms with Gasteiger partial charge in [0.2, 0.25) is 0 Å². The first-order chi connectivity index (χ1) is 12.1. The molecule has 5 nitrogen and oxygen atoms in total. The maximum atomic E-state index is 13.9. The number of rotatable bonds is 3. The fourth-order valence-electron chi connectivity index (χ4n) is 2.98. The van der Waals surface area contributed by atoms with Crippen molar-refractivity contribution in [3.8, 4) is 0 Å². The first-order valence-corrected chi connectivity index (χ1v) is 7.58. The van der Waals surface area contributed by atoms with Crippen molar-refractivity contribution in [1.82, 2.24) is 9.88 Å². The average Bonchev–Trinajstić information content (AvgIpc) is 2.87. The van der Waals surface area contributed by atoms with Crippen molar-refractivity contribution >= 4 is 29.0 Å². The third-order valence-electron chi connectivity index (χ3n) is 4.23. The Hall–Kier alpha value is -3.41. The first-order valence-electron chi connectivity index (χ1n) is 7.58. The number of nitrogens with zero attached hydrogens (tertiary/aromatic N) is 2. The molecule has 4 rings (SSSR count). The number of fused-ring (bicyclic) bond motifs is 2. The Morgan fingerprint density at radius 2 is 1.68 bits per heavy atom. The van der Waals surface area contributed by atoms with Crippen LogP contribution in [0.1, 0.15) is 36.8 Å². The molecule has 2 amide bonds. The summed E-state index contributed by atoms with van der Waals surface area (Å²) in [4.78, 5) is 41.6. The topological polar surface area (TPSA) is 67.3 Å². The van der Waals surface area contributed by atoms with E-state index in [2.05, 4.69) is 4.98 Å². The number of hydrogen-bond donors (Lipinski definition) is 0. The monoisotopic (exact) mass is 334 g/mol. The molecule has 0 unspecified atom stereocenters. The lowest BCUT2D eigenvalue weighted by Gasteiger charge is -2.15. The van der Waals surface area contributed by atoms with Crippen LogP contribution in [0.4, 0.5) is 4.39 Å². The number of carbonyl (C=O) groups excluding carboxylic acids is 3. The molecule has 2 aromatic carbocycles. The average molecular weight is 334 g/mol. The minimum atomic E-state index is -0.486. The molecule has 0 saturated carbocycles. The van der Waals surface area contributed by atoms with Gasteiger partial charge in [0, 0.05) is 10.9 Å². The Kier molecular flexibility index (Phi) is 3.39. The maximum Gasteiger partial charge on any atom is 0.261 e. The van der Waals surface area contributed by atoms with Crippen molar-refractivity contribution in [2.24, 2.45) is 0 Å². The van der Waals surface area contributed by atoms with Gasteiger partial charge in [-0.3, -0.25) is 24.3 Å². The van der Waals surface area contributed by atoms with Gasteiger partial charge in [-0.1, -0.05) is 18.2 Å². The fourth-order valence-corrected chi connectivity index (χ4v) is 2.98. The smallest absolute Gasteiger partial charge is 0.261 e. The van der Waals surface area contributed by atoms with Gasteiger partial charge in [-0.15, -0.1) is 0 Å². The lowest BCUT2D eigenvalue weighted by molar-refractivity contribution is 0.0639. The van der Waals surface area contributed by atoms with E-state index in [1.807, 2.05) is 0 Å². The molecule has 25 heavy (non-hydrogen) atoms. The minimum Gasteiger partial charge on any atom is -0.298 e. The molecule has 0 fully saturated rings. The van der Waals surface area contributed by atoms with Gasteiger partial charge >= 0.3 is 0 Å². The molecular weight excluding hydrogens is 323 g/mol. The molecule has 0 spiro atoms. The van der Waals surface area contributed by atoms with Gasteiger partial charge in [0.25, 0.3) is 11.8 Å². The molecule has 6 heteroatoms. The first kappa shape index (κ1) is 15.1. The minimum absolute atomic E-state index is 0.146. The molecule has 0 saturated heterocycles. The van der Waals surface area contributed by atoms with Crippen LogP contribution in [-0.4, -0.2) is 28.0 Å². The van der Waals surface area contributed by atoms with Crippen LogP contribution in [0, 0.1) is 5.82 Å². The van der Waals surface area contributed by atoms with Gasteiger partial charge in [0.1, 0.15) is 5.82 Å². The normalized spacial score (nSPS) is 13.4. The van der Waals surface area contributed by atoms with Crippen LogP contribution in [0.15, 0.2) is 48.5 Å². The Morgan fingerprint density at radius 1 is 1.00 bits per heavy atom. The van der Waals surface area contributed by atoms with E-state index < -0.39 is 17.6 Å². The predicted molar refractivity (Wildman–Crippen MR) is 87.7 cm³/mol. The van der Waals surface area contributed by atoms with E-state index in [1.165, 1.54) is 18.2 Å². The second kappa shape index (κ2) is 5.59. The highest BCUT2D eigenvalue weighted by atomic mass is 19.1. The van der Waals surface area contributed by atoms with Crippen LogP contribution in [0.2, 0.25) is 0 Å². The molecule has 1 aliphatic heterocycles. The second-order valence-electron chi connectivity index (χ2n) is 5.69. The SMILES string of the molecule is O=Cc1cc2c(F)cccc2nc1CN1C(=O)c2ccccc2C1=O. The molecule has 0 aliphatic carbocycles. The predicted octanol–water partition coefficient (Wildman–Crippen LogP) is 2.98. The largest absolute Gasteiger partial charge is 0.298 e. The zero-order chi connectivity index (χ0) is 17.6. The number of hydrogen-bond acceptors (Lipinski definition) is 4. The Labute approximate surface area is 141 Å². The van der Waals surface area contributed by atoms with E-state index in [1.54, 1.807) is 30.3 Å². The van der Waals surface area contributed by atoms with Crippen LogP contribution >= 0.6 is 0 Å². The summed E-state index contributed by atoms with van der Waals surface area (Å²) in [5, 5.41) is 0.218. The summed E-state index contributed by atoms with van der Waals surface area (Å²) >= 11 is 0. The standard InChI is InChI=1S/C19H11FN2O3/c20-15-6-3-7-16-14(15)8-11(10-23)17(21-16)9-22-18(24)12-4-1-2-5-13(12)19(22)25/h1-8,10H,9H2. The Balaban J connectivity index is 1.78. The summed E-state index contributed by atoms with van der Waals surface area (Å²) in [7, 11) is 0. The molecule has 2 heterocycles. The van der Waals surface area contributed by atoms with Crippen LogP contribution in [0.25, 0.3) is 10.9 Å². The van der Waals surface area contributed by atoms with E-state index in [9.17, 15) is 18.8 Å². The van der Waals surface area contributed by atoms with Crippen molar-refractivity contribution in [1.29, 1.82) is 0 Å². The summed E-state index contributed by atoms with van der Waals surface area (Å²) < 4.78 is 13.9. The van der Waals surface area contributed by atoms with Gasteiger partial charge in [-0.05, 0) is 30.3 Å². The molecule has 0 N–H and O–H groups in total. The van der Waals surface area contributed by atoms with Crippen molar-refractivity contribution in [2.45, 2.75) is 6.54 Å². The van der Waals surface area contributed by atoms with Crippen LogP contribution in [-0.2, 0) is 6.54 Å². The number of benzene rings is 2. The van der Waals surface area contributed by atoms with E-state index in [0.717, 1.165) is 4.90 Å². The third-order valence-corrected chi connectivity index (χ3v) is 4.23. The third kappa shape index (κ3) is 2.30. The summed E-state index contributed by atoms with van der Waals surface area (Å²) in [6.07, 6.45) is 0.548. The van der Waals surface area contributed by atoms with Crippen molar-refractivity contribution in [3.63, 3.8) is 0 Å². The van der Waals surface area contributed by atoms with E-state index >= 15 is 0 Å². The number of amides is 2. The lowest BCUT2D eigenvalue weighted by atomic mass is 10.1. The summed E-state index contributed by atoms with van der Waals surface area (Å²) in [5.74, 6) is -1.35.